The fourth-order valence-electron chi connectivity index (χ4n) is 0.293. The van der Waals surface area contributed by atoms with Gasteiger partial charge in [-0.3, -0.25) is 0 Å². The van der Waals surface area contributed by atoms with E-state index in [1.165, 1.54) is 5.28 Å². The molecule has 0 heterocycles. The Morgan fingerprint density at radius 2 is 2.14 bits per heavy atom. The van der Waals surface area contributed by atoms with Gasteiger partial charge >= 0.3 is 0 Å². The van der Waals surface area contributed by atoms with Gasteiger partial charge in [-0.2, -0.15) is 0 Å². The summed E-state index contributed by atoms with van der Waals surface area (Å²) < 4.78 is 0. The van der Waals surface area contributed by atoms with Crippen LogP contribution in [0.1, 0.15) is 6.92 Å². The minimum Gasteiger partial charge on any atom is -0.107 e. The van der Waals surface area contributed by atoms with Gasteiger partial charge in [-0.25, -0.2) is 0 Å². The molecule has 0 aliphatic heterocycles. The van der Waals surface area contributed by atoms with Crippen molar-refractivity contribution in [3.63, 3.8) is 0 Å². The van der Waals surface area contributed by atoms with Crippen LogP contribution in [0.4, 0.5) is 0 Å². The summed E-state index contributed by atoms with van der Waals surface area (Å²) in [5.41, 5.74) is 0. The Morgan fingerprint density at radius 1 is 1.57 bits per heavy atom. The van der Waals surface area contributed by atoms with Crippen LogP contribution in [0, 0.1) is 0 Å². The molecule has 0 atom stereocenters. The van der Waals surface area contributed by atoms with E-state index in [0.29, 0.717) is 15.2 Å². The lowest BCUT2D eigenvalue weighted by molar-refractivity contribution is 1.30. The molecule has 3 heteroatoms. The molecule has 0 bridgehead atoms. The molecule has 0 aromatic heterocycles. The van der Waals surface area contributed by atoms with Gasteiger partial charge in [0.1, 0.15) is 0 Å². The first-order chi connectivity index (χ1) is 3.27. The highest BCUT2D eigenvalue weighted by Crippen LogP contribution is 2.06. The van der Waals surface area contributed by atoms with Crippen LogP contribution >= 0.6 is 23.2 Å². The van der Waals surface area contributed by atoms with Crippen molar-refractivity contribution < 1.29 is 0 Å². The monoisotopic (exact) mass is 153 g/mol. The molecule has 0 rings (SSSR count). The lowest BCUT2D eigenvalue weighted by atomic mass is 10.9. The molecule has 0 fully saturated rings. The van der Waals surface area contributed by atoms with Crippen LogP contribution in [0.5, 0.6) is 0 Å². The first-order valence-corrected chi connectivity index (χ1v) is 4.87. The van der Waals surface area contributed by atoms with E-state index in [1.807, 2.05) is 0 Å². The van der Waals surface area contributed by atoms with Crippen LogP contribution in [0.3, 0.4) is 0 Å². The van der Waals surface area contributed by atoms with E-state index in [4.69, 9.17) is 23.2 Å². The van der Waals surface area contributed by atoms with E-state index in [-0.39, 0.29) is 4.84 Å². The molecule has 7 heavy (non-hydrogen) atoms. The summed E-state index contributed by atoms with van der Waals surface area (Å²) in [5.74, 6) is 0. The zero-order valence-electron chi connectivity index (χ0n) is 4.32. The van der Waals surface area contributed by atoms with Gasteiger partial charge in [0.25, 0.3) is 0 Å². The van der Waals surface area contributed by atoms with Crippen molar-refractivity contribution in [2.75, 3.05) is 0 Å². The highest BCUT2D eigenvalue weighted by atomic mass is 35.5. The summed E-state index contributed by atoms with van der Waals surface area (Å²) >= 11 is 11.4. The molecule has 0 saturated heterocycles. The second-order valence-electron chi connectivity index (χ2n) is 1.32. The van der Waals surface area contributed by atoms with E-state index < -0.39 is 0 Å². The first kappa shape index (κ1) is 8.11. The molecule has 0 aromatic rings. The molecule has 0 saturated carbocycles. The fourth-order valence-corrected chi connectivity index (χ4v) is 1.63. The quantitative estimate of drug-likeness (QED) is 0.432. The molecule has 0 aromatic carbocycles. The first-order valence-electron chi connectivity index (χ1n) is 2.37. The molecule has 0 spiro atoms. The molecule has 1 radical (unpaired) electrons. The third kappa shape index (κ3) is 7.11. The lowest BCUT2D eigenvalue weighted by Gasteiger charge is -1.92. The van der Waals surface area contributed by atoms with E-state index in [1.54, 1.807) is 0 Å². The summed E-state index contributed by atoms with van der Waals surface area (Å²) in [6, 6.07) is 0. The van der Waals surface area contributed by atoms with Gasteiger partial charge in [0.05, 0.1) is 4.84 Å². The van der Waals surface area contributed by atoms with Crippen molar-refractivity contribution in [2.24, 2.45) is 0 Å². The maximum Gasteiger partial charge on any atom is 0.203 e. The van der Waals surface area contributed by atoms with Gasteiger partial charge in [0.15, 0.2) is 0 Å². The molecule has 0 aliphatic carbocycles. The van der Waals surface area contributed by atoms with Gasteiger partial charge < -0.3 is 0 Å². The predicted molar refractivity (Wildman–Crippen MR) is 36.5 cm³/mol. The van der Waals surface area contributed by atoms with Crippen molar-refractivity contribution in [1.82, 2.24) is 0 Å². The van der Waals surface area contributed by atoms with Crippen LogP contribution in [0.2, 0.25) is 10.6 Å². The number of alkyl halides is 2. The summed E-state index contributed by atoms with van der Waals surface area (Å²) in [7, 11) is 0. The summed E-state index contributed by atoms with van der Waals surface area (Å²) in [6.45, 7) is 2.16. The topological polar surface area (TPSA) is 0 Å². The summed E-state index contributed by atoms with van der Waals surface area (Å²) in [4.78, 5) is -0.116. The van der Waals surface area contributed by atoms with E-state index >= 15 is 0 Å². The fraction of sp³-hybridized carbons (Fsp3) is 1.00. The minimum absolute atomic E-state index is 0.116. The third-order valence-corrected chi connectivity index (χ3v) is 2.97. The normalized spacial score (nSPS) is 9.71. The van der Waals surface area contributed by atoms with Crippen molar-refractivity contribution in [3.05, 3.63) is 0 Å². The molecule has 0 N–H and O–H groups in total. The summed E-state index contributed by atoms with van der Waals surface area (Å²) in [5, 5.41) is 2.27. The lowest BCUT2D eigenvalue weighted by Crippen LogP contribution is -1.92. The maximum absolute atomic E-state index is 5.44. The van der Waals surface area contributed by atoms with E-state index in [0.717, 1.165) is 5.28 Å². The molecule has 0 nitrogen and oxygen atoms in total. The van der Waals surface area contributed by atoms with Gasteiger partial charge in [-0.05, 0) is 0 Å². The second kappa shape index (κ2) is 5.25. The second-order valence-corrected chi connectivity index (χ2v) is 4.47. The van der Waals surface area contributed by atoms with Crippen LogP contribution in [0.15, 0.2) is 0 Å². The zero-order valence-corrected chi connectivity index (χ0v) is 6.99. The third-order valence-electron chi connectivity index (χ3n) is 0.634. The molecule has 0 aliphatic rings. The minimum atomic E-state index is -0.116. The Labute approximate surface area is 60.9 Å². The number of hydrogen-bond donors (Lipinski definition) is 0. The molecule has 41 valence electrons. The van der Waals surface area contributed by atoms with Crippen molar-refractivity contribution in [2.45, 2.75) is 22.3 Å². The summed E-state index contributed by atoms with van der Waals surface area (Å²) in [6.07, 6.45) is 0. The smallest absolute Gasteiger partial charge is 0.107 e. The van der Waals surface area contributed by atoms with E-state index in [2.05, 4.69) is 6.92 Å². The Bertz CT molecular complexity index is 38.7. The zero-order chi connectivity index (χ0) is 5.70. The highest BCUT2D eigenvalue weighted by molar-refractivity contribution is 6.49. The maximum atomic E-state index is 5.44. The van der Waals surface area contributed by atoms with Crippen molar-refractivity contribution in [1.29, 1.82) is 0 Å². The SMILES string of the molecule is C[CH2][Al][CH2]C(Cl)Cl. The Kier molecular flexibility index (Phi) is 6.09. The molecular weight excluding hydrogens is 146 g/mol. The Balaban J connectivity index is 2.68. The average Bonchev–Trinajstić information content (AvgIpc) is 1.61. The van der Waals surface area contributed by atoms with Gasteiger partial charge in [0, 0.05) is 0 Å². The average molecular weight is 154 g/mol. The molecular formula is C4H8AlCl2. The van der Waals surface area contributed by atoms with Gasteiger partial charge in [-0.1, -0.05) is 12.2 Å². The van der Waals surface area contributed by atoms with Gasteiger partial charge in [0.2, 0.25) is 15.2 Å². The van der Waals surface area contributed by atoms with Crippen molar-refractivity contribution in [3.8, 4) is 0 Å². The van der Waals surface area contributed by atoms with E-state index in [9.17, 15) is 0 Å². The van der Waals surface area contributed by atoms with Crippen LogP contribution in [-0.4, -0.2) is 20.1 Å². The predicted octanol–water partition coefficient (Wildman–Crippen LogP) is 2.35. The largest absolute Gasteiger partial charge is 0.203 e. The van der Waals surface area contributed by atoms with Gasteiger partial charge in [-0.15, -0.1) is 28.5 Å². The number of hydrogen-bond acceptors (Lipinski definition) is 0. The Hall–Kier alpha value is 1.11. The van der Waals surface area contributed by atoms with Crippen LogP contribution in [0.25, 0.3) is 0 Å². The number of halogens is 2. The van der Waals surface area contributed by atoms with Crippen LogP contribution < -0.4 is 0 Å². The highest BCUT2D eigenvalue weighted by Gasteiger charge is 1.96. The molecule has 0 unspecified atom stereocenters. The van der Waals surface area contributed by atoms with Crippen LogP contribution in [-0.2, 0) is 0 Å². The number of rotatable bonds is 3. The standard InChI is InChI=1S/C2H3Cl2.C2H5.Al/c1-2(3)4;1-2;/h2H,1H2;1H2,2H3;. The Morgan fingerprint density at radius 3 is 2.29 bits per heavy atom. The van der Waals surface area contributed by atoms with Crippen molar-refractivity contribution >= 4 is 38.4 Å². The molecule has 0 amide bonds.